The number of hydrogen-bond donors (Lipinski definition) is 2. The molecule has 1 aromatic rings. The third-order valence-electron chi connectivity index (χ3n) is 2.88. The first-order valence-electron chi connectivity index (χ1n) is 5.27. The second-order valence-electron chi connectivity index (χ2n) is 3.96. The predicted octanol–water partition coefficient (Wildman–Crippen LogP) is 1.49. The highest BCUT2D eigenvalue weighted by molar-refractivity contribution is 7.10. The number of fused-ring (bicyclic) bond motifs is 1. The fourth-order valence-corrected chi connectivity index (χ4v) is 3.23. The largest absolute Gasteiger partial charge is 0.391 e. The number of rotatable bonds is 3. The van der Waals surface area contributed by atoms with Crippen molar-refractivity contribution < 1.29 is 5.11 Å². The van der Waals surface area contributed by atoms with Crippen molar-refractivity contribution in [2.24, 2.45) is 5.73 Å². The summed E-state index contributed by atoms with van der Waals surface area (Å²) >= 11 is 1.85. The fraction of sp³-hybridized carbons (Fsp3) is 0.636. The third kappa shape index (κ3) is 2.00. The highest BCUT2D eigenvalue weighted by Crippen LogP contribution is 2.30. The van der Waals surface area contributed by atoms with Crippen LogP contribution in [0.1, 0.15) is 28.8 Å². The van der Waals surface area contributed by atoms with Gasteiger partial charge in [0.1, 0.15) is 0 Å². The Balaban J connectivity index is 2.14. The molecule has 0 saturated heterocycles. The Labute approximate surface area is 88.8 Å². The SMILES string of the molecule is NCC(O)Cc1csc2c1CCCC2. The van der Waals surface area contributed by atoms with Crippen molar-refractivity contribution in [3.05, 3.63) is 21.4 Å². The zero-order chi connectivity index (χ0) is 9.97. The van der Waals surface area contributed by atoms with Crippen molar-refractivity contribution in [2.75, 3.05) is 6.54 Å². The van der Waals surface area contributed by atoms with E-state index in [1.54, 1.807) is 0 Å². The van der Waals surface area contributed by atoms with Gasteiger partial charge in [0, 0.05) is 17.8 Å². The van der Waals surface area contributed by atoms with Gasteiger partial charge in [-0.25, -0.2) is 0 Å². The number of aryl methyl sites for hydroxylation is 1. The first-order valence-corrected chi connectivity index (χ1v) is 6.15. The molecule has 1 aliphatic carbocycles. The van der Waals surface area contributed by atoms with Crippen LogP contribution in [0.3, 0.4) is 0 Å². The van der Waals surface area contributed by atoms with Gasteiger partial charge in [0.05, 0.1) is 6.10 Å². The second kappa shape index (κ2) is 4.43. The molecule has 0 aliphatic heterocycles. The lowest BCUT2D eigenvalue weighted by atomic mass is 9.94. The molecule has 0 spiro atoms. The number of hydrogen-bond acceptors (Lipinski definition) is 3. The summed E-state index contributed by atoms with van der Waals surface area (Å²) in [5, 5.41) is 11.7. The molecule has 1 heterocycles. The van der Waals surface area contributed by atoms with Crippen LogP contribution in [0.25, 0.3) is 0 Å². The fourth-order valence-electron chi connectivity index (χ4n) is 2.07. The molecule has 78 valence electrons. The van der Waals surface area contributed by atoms with Gasteiger partial charge in [0.2, 0.25) is 0 Å². The van der Waals surface area contributed by atoms with Crippen LogP contribution in [0.2, 0.25) is 0 Å². The first kappa shape index (κ1) is 10.1. The van der Waals surface area contributed by atoms with E-state index in [0.717, 1.165) is 6.42 Å². The minimum Gasteiger partial charge on any atom is -0.391 e. The molecule has 0 bridgehead atoms. The smallest absolute Gasteiger partial charge is 0.0703 e. The lowest BCUT2D eigenvalue weighted by molar-refractivity contribution is 0.183. The molecule has 14 heavy (non-hydrogen) atoms. The summed E-state index contributed by atoms with van der Waals surface area (Å²) < 4.78 is 0. The Morgan fingerprint density at radius 1 is 1.43 bits per heavy atom. The lowest BCUT2D eigenvalue weighted by Crippen LogP contribution is -2.22. The standard InChI is InChI=1S/C11H17NOS/c12-6-9(13)5-8-7-14-11-4-2-1-3-10(8)11/h7,9,13H,1-6,12H2. The number of aliphatic hydroxyl groups excluding tert-OH is 1. The molecule has 3 heteroatoms. The maximum Gasteiger partial charge on any atom is 0.0703 e. The van der Waals surface area contributed by atoms with Gasteiger partial charge in [-0.15, -0.1) is 11.3 Å². The molecular formula is C11H17NOS. The van der Waals surface area contributed by atoms with Crippen molar-refractivity contribution in [1.82, 2.24) is 0 Å². The summed E-state index contributed by atoms with van der Waals surface area (Å²) in [7, 11) is 0. The summed E-state index contributed by atoms with van der Waals surface area (Å²) in [6, 6.07) is 0. The van der Waals surface area contributed by atoms with Crippen molar-refractivity contribution in [2.45, 2.75) is 38.2 Å². The van der Waals surface area contributed by atoms with E-state index in [9.17, 15) is 5.11 Å². The highest BCUT2D eigenvalue weighted by Gasteiger charge is 2.16. The molecule has 1 unspecified atom stereocenters. The van der Waals surface area contributed by atoms with Gasteiger partial charge in [-0.05, 0) is 42.2 Å². The van der Waals surface area contributed by atoms with Crippen molar-refractivity contribution in [3.8, 4) is 0 Å². The molecule has 2 nitrogen and oxygen atoms in total. The normalized spacial score (nSPS) is 17.9. The Morgan fingerprint density at radius 2 is 2.21 bits per heavy atom. The zero-order valence-electron chi connectivity index (χ0n) is 8.33. The predicted molar refractivity (Wildman–Crippen MR) is 59.7 cm³/mol. The molecule has 0 fully saturated rings. The summed E-state index contributed by atoms with van der Waals surface area (Å²) in [5.74, 6) is 0. The van der Waals surface area contributed by atoms with E-state index in [1.165, 1.54) is 41.7 Å². The summed E-state index contributed by atoms with van der Waals surface area (Å²) in [6.45, 7) is 0.366. The number of nitrogens with two attached hydrogens (primary N) is 1. The maximum atomic E-state index is 9.51. The quantitative estimate of drug-likeness (QED) is 0.795. The van der Waals surface area contributed by atoms with E-state index in [0.29, 0.717) is 6.54 Å². The van der Waals surface area contributed by atoms with E-state index in [-0.39, 0.29) is 6.10 Å². The van der Waals surface area contributed by atoms with Crippen LogP contribution in [0.5, 0.6) is 0 Å². The summed E-state index contributed by atoms with van der Waals surface area (Å²) in [4.78, 5) is 1.54. The molecule has 1 aromatic heterocycles. The van der Waals surface area contributed by atoms with Crippen LogP contribution in [0, 0.1) is 0 Å². The molecule has 0 amide bonds. The topological polar surface area (TPSA) is 46.2 Å². The number of aliphatic hydroxyl groups is 1. The molecule has 3 N–H and O–H groups in total. The van der Waals surface area contributed by atoms with E-state index in [2.05, 4.69) is 5.38 Å². The van der Waals surface area contributed by atoms with Crippen molar-refractivity contribution in [1.29, 1.82) is 0 Å². The Kier molecular flexibility index (Phi) is 3.21. The van der Waals surface area contributed by atoms with Gasteiger partial charge < -0.3 is 10.8 Å². The molecule has 0 aromatic carbocycles. The maximum absolute atomic E-state index is 9.51. The highest BCUT2D eigenvalue weighted by atomic mass is 32.1. The van der Waals surface area contributed by atoms with Crippen LogP contribution in [0.15, 0.2) is 5.38 Å². The van der Waals surface area contributed by atoms with E-state index in [4.69, 9.17) is 5.73 Å². The van der Waals surface area contributed by atoms with E-state index >= 15 is 0 Å². The number of thiophene rings is 1. The molecule has 0 radical (unpaired) electrons. The zero-order valence-corrected chi connectivity index (χ0v) is 9.15. The van der Waals surface area contributed by atoms with Gasteiger partial charge in [-0.2, -0.15) is 0 Å². The average Bonchev–Trinajstić information content (AvgIpc) is 2.62. The molecular weight excluding hydrogens is 194 g/mol. The summed E-state index contributed by atoms with van der Waals surface area (Å²) in [6.07, 6.45) is 5.43. The monoisotopic (exact) mass is 211 g/mol. The lowest BCUT2D eigenvalue weighted by Gasteiger charge is -2.14. The van der Waals surface area contributed by atoms with Gasteiger partial charge in [-0.3, -0.25) is 0 Å². The van der Waals surface area contributed by atoms with Crippen molar-refractivity contribution >= 4 is 11.3 Å². The van der Waals surface area contributed by atoms with Gasteiger partial charge >= 0.3 is 0 Å². The van der Waals surface area contributed by atoms with Crippen LogP contribution >= 0.6 is 11.3 Å². The van der Waals surface area contributed by atoms with Gasteiger partial charge in [0.25, 0.3) is 0 Å². The minimum absolute atomic E-state index is 0.365. The van der Waals surface area contributed by atoms with Crippen LogP contribution in [-0.4, -0.2) is 17.8 Å². The molecule has 1 atom stereocenters. The Hall–Kier alpha value is -0.380. The third-order valence-corrected chi connectivity index (χ3v) is 4.01. The van der Waals surface area contributed by atoms with Crippen LogP contribution in [-0.2, 0) is 19.3 Å². The minimum atomic E-state index is -0.365. The van der Waals surface area contributed by atoms with E-state index in [1.807, 2.05) is 11.3 Å². The first-order chi connectivity index (χ1) is 6.81. The van der Waals surface area contributed by atoms with Crippen LogP contribution in [0.4, 0.5) is 0 Å². The molecule has 1 aliphatic rings. The second-order valence-corrected chi connectivity index (χ2v) is 4.93. The Morgan fingerprint density at radius 3 is 3.00 bits per heavy atom. The van der Waals surface area contributed by atoms with E-state index < -0.39 is 0 Å². The van der Waals surface area contributed by atoms with Crippen molar-refractivity contribution in [3.63, 3.8) is 0 Å². The van der Waals surface area contributed by atoms with Gasteiger partial charge in [0.15, 0.2) is 0 Å². The molecule has 0 saturated carbocycles. The summed E-state index contributed by atoms with van der Waals surface area (Å²) in [5.41, 5.74) is 8.26. The average molecular weight is 211 g/mol. The molecule has 2 rings (SSSR count). The van der Waals surface area contributed by atoms with Crippen LogP contribution < -0.4 is 5.73 Å². The van der Waals surface area contributed by atoms with Gasteiger partial charge in [-0.1, -0.05) is 0 Å². The Bertz CT molecular complexity index is 308.